The molecule has 0 saturated heterocycles. The van der Waals surface area contributed by atoms with Gasteiger partial charge in [-0.3, -0.25) is 14.7 Å². The van der Waals surface area contributed by atoms with Gasteiger partial charge < -0.3 is 0 Å². The van der Waals surface area contributed by atoms with Crippen LogP contribution in [0.2, 0.25) is 0 Å². The van der Waals surface area contributed by atoms with E-state index in [4.69, 9.17) is 0 Å². The molecule has 1 aliphatic rings. The minimum Gasteiger partial charge on any atom is -0.297 e. The van der Waals surface area contributed by atoms with Crippen LogP contribution in [0.4, 0.5) is 0 Å². The maximum atomic E-state index is 13.1. The Balaban J connectivity index is 2.01. The molecule has 0 unspecified atom stereocenters. The topological polar surface area (TPSA) is 33.2 Å². The van der Waals surface area contributed by atoms with Crippen molar-refractivity contribution in [2.45, 2.75) is 37.6 Å². The zero-order valence-electron chi connectivity index (χ0n) is 12.8. The van der Waals surface area contributed by atoms with Crippen molar-refractivity contribution < 1.29 is 4.79 Å². The number of nitrogens with zero attached hydrogens (tertiary/aromatic N) is 2. The maximum absolute atomic E-state index is 13.1. The largest absolute Gasteiger partial charge is 0.297 e. The maximum Gasteiger partial charge on any atom is 0.183 e. The highest BCUT2D eigenvalue weighted by Gasteiger charge is 2.41. The second-order valence-electron chi connectivity index (χ2n) is 6.23. The van der Waals surface area contributed by atoms with E-state index in [0.29, 0.717) is 0 Å². The van der Waals surface area contributed by atoms with E-state index < -0.39 is 0 Å². The molecule has 1 saturated carbocycles. The summed E-state index contributed by atoms with van der Waals surface area (Å²) in [6.45, 7) is 0. The van der Waals surface area contributed by atoms with Crippen LogP contribution in [0.25, 0.3) is 10.9 Å². The van der Waals surface area contributed by atoms with Crippen LogP contribution in [-0.2, 0) is 0 Å². The number of benzene rings is 1. The Morgan fingerprint density at radius 3 is 2.62 bits per heavy atom. The summed E-state index contributed by atoms with van der Waals surface area (Å²) >= 11 is 0. The van der Waals surface area contributed by atoms with Crippen molar-refractivity contribution in [2.75, 3.05) is 14.1 Å². The molecule has 0 atom stereocenters. The molecule has 3 nitrogen and oxygen atoms in total. The Hall–Kier alpha value is -1.74. The van der Waals surface area contributed by atoms with E-state index in [9.17, 15) is 4.79 Å². The monoisotopic (exact) mass is 282 g/mol. The lowest BCUT2D eigenvalue weighted by Crippen LogP contribution is -2.52. The van der Waals surface area contributed by atoms with Crippen molar-refractivity contribution in [3.05, 3.63) is 42.1 Å². The van der Waals surface area contributed by atoms with Crippen LogP contribution in [0.5, 0.6) is 0 Å². The number of hydrogen-bond acceptors (Lipinski definition) is 3. The molecular weight excluding hydrogens is 260 g/mol. The van der Waals surface area contributed by atoms with Gasteiger partial charge in [0.25, 0.3) is 0 Å². The Labute approximate surface area is 126 Å². The first-order valence-electron chi connectivity index (χ1n) is 7.70. The van der Waals surface area contributed by atoms with Crippen molar-refractivity contribution >= 4 is 16.7 Å². The summed E-state index contributed by atoms with van der Waals surface area (Å²) in [7, 11) is 4.07. The van der Waals surface area contributed by atoms with Gasteiger partial charge in [0, 0.05) is 17.1 Å². The zero-order chi connectivity index (χ0) is 14.9. The summed E-state index contributed by atoms with van der Waals surface area (Å²) in [4.78, 5) is 19.6. The fraction of sp³-hybridized carbons (Fsp3) is 0.444. The predicted octanol–water partition coefficient (Wildman–Crippen LogP) is 3.68. The standard InChI is InChI=1S/C18H22N2O/c1-20(2)18(10-4-3-5-11-18)17(21)15-8-9-16-14(13-15)7-6-12-19-16/h6-9,12-13H,3-5,10-11H2,1-2H3. The normalized spacial score (nSPS) is 18.0. The highest BCUT2D eigenvalue weighted by atomic mass is 16.1. The number of carbonyl (C=O) groups is 1. The lowest BCUT2D eigenvalue weighted by molar-refractivity contribution is 0.0564. The lowest BCUT2D eigenvalue weighted by atomic mass is 9.75. The molecule has 1 aromatic carbocycles. The summed E-state index contributed by atoms with van der Waals surface area (Å²) < 4.78 is 0. The molecule has 1 aromatic heterocycles. The third kappa shape index (κ3) is 2.46. The van der Waals surface area contributed by atoms with Gasteiger partial charge in [-0.15, -0.1) is 0 Å². The van der Waals surface area contributed by atoms with Crippen molar-refractivity contribution in [3.63, 3.8) is 0 Å². The number of hydrogen-bond donors (Lipinski definition) is 0. The number of rotatable bonds is 3. The molecule has 110 valence electrons. The molecule has 0 bridgehead atoms. The van der Waals surface area contributed by atoms with Crippen LogP contribution in [0.15, 0.2) is 36.5 Å². The first kappa shape index (κ1) is 14.2. The highest BCUT2D eigenvalue weighted by molar-refractivity contribution is 6.05. The van der Waals surface area contributed by atoms with Gasteiger partial charge in [-0.05, 0) is 51.2 Å². The molecule has 0 N–H and O–H groups in total. The Bertz CT molecular complexity index is 657. The van der Waals surface area contributed by atoms with Crippen LogP contribution < -0.4 is 0 Å². The molecule has 0 aliphatic heterocycles. The van der Waals surface area contributed by atoms with Crippen LogP contribution in [-0.4, -0.2) is 35.3 Å². The lowest BCUT2D eigenvalue weighted by Gasteiger charge is -2.41. The van der Waals surface area contributed by atoms with Gasteiger partial charge in [-0.1, -0.05) is 25.3 Å². The summed E-state index contributed by atoms with van der Waals surface area (Å²) in [5, 5.41) is 1.04. The summed E-state index contributed by atoms with van der Waals surface area (Å²) in [6, 6.07) is 9.80. The van der Waals surface area contributed by atoms with Crippen molar-refractivity contribution in [1.82, 2.24) is 9.88 Å². The smallest absolute Gasteiger partial charge is 0.183 e. The molecule has 21 heavy (non-hydrogen) atoms. The fourth-order valence-electron chi connectivity index (χ4n) is 3.50. The van der Waals surface area contributed by atoms with E-state index >= 15 is 0 Å². The number of ketones is 1. The van der Waals surface area contributed by atoms with Gasteiger partial charge in [-0.25, -0.2) is 0 Å². The average Bonchev–Trinajstić information content (AvgIpc) is 2.54. The third-order valence-corrected chi connectivity index (χ3v) is 4.82. The number of Topliss-reactive ketones (excluding diaryl/α,β-unsaturated/α-hetero) is 1. The van der Waals surface area contributed by atoms with Crippen molar-refractivity contribution in [1.29, 1.82) is 0 Å². The number of likely N-dealkylation sites (N-methyl/N-ethyl adjacent to an activating group) is 1. The molecule has 1 heterocycles. The van der Waals surface area contributed by atoms with Gasteiger partial charge in [0.15, 0.2) is 5.78 Å². The van der Waals surface area contributed by atoms with Gasteiger partial charge in [0.05, 0.1) is 11.1 Å². The summed E-state index contributed by atoms with van der Waals surface area (Å²) in [5.74, 6) is 0.262. The van der Waals surface area contributed by atoms with Crippen LogP contribution in [0.1, 0.15) is 42.5 Å². The molecule has 1 fully saturated rings. The number of pyridine rings is 1. The van der Waals surface area contributed by atoms with Gasteiger partial charge in [-0.2, -0.15) is 0 Å². The third-order valence-electron chi connectivity index (χ3n) is 4.82. The van der Waals surface area contributed by atoms with E-state index in [1.165, 1.54) is 6.42 Å². The molecule has 3 rings (SSSR count). The van der Waals surface area contributed by atoms with E-state index in [-0.39, 0.29) is 11.3 Å². The minimum atomic E-state index is -0.325. The molecule has 0 radical (unpaired) electrons. The van der Waals surface area contributed by atoms with E-state index in [1.807, 2.05) is 44.4 Å². The van der Waals surface area contributed by atoms with E-state index in [2.05, 4.69) is 9.88 Å². The van der Waals surface area contributed by atoms with Crippen LogP contribution >= 0.6 is 0 Å². The van der Waals surface area contributed by atoms with Crippen LogP contribution in [0, 0.1) is 0 Å². The second kappa shape index (κ2) is 5.57. The molecule has 1 aliphatic carbocycles. The second-order valence-corrected chi connectivity index (χ2v) is 6.23. The first-order chi connectivity index (χ1) is 10.1. The first-order valence-corrected chi connectivity index (χ1v) is 7.70. The minimum absolute atomic E-state index is 0.262. The van der Waals surface area contributed by atoms with E-state index in [1.54, 1.807) is 6.20 Å². The number of fused-ring (bicyclic) bond motifs is 1. The fourth-order valence-corrected chi connectivity index (χ4v) is 3.50. The quantitative estimate of drug-likeness (QED) is 0.805. The molecular formula is C18H22N2O. The molecule has 0 spiro atoms. The van der Waals surface area contributed by atoms with Gasteiger partial charge >= 0.3 is 0 Å². The van der Waals surface area contributed by atoms with Crippen LogP contribution in [0.3, 0.4) is 0 Å². The predicted molar refractivity (Wildman–Crippen MR) is 85.6 cm³/mol. The average molecular weight is 282 g/mol. The Morgan fingerprint density at radius 2 is 1.90 bits per heavy atom. The Kier molecular flexibility index (Phi) is 3.77. The van der Waals surface area contributed by atoms with Gasteiger partial charge in [0.1, 0.15) is 0 Å². The summed E-state index contributed by atoms with van der Waals surface area (Å²) in [5.41, 5.74) is 1.43. The zero-order valence-corrected chi connectivity index (χ0v) is 12.8. The molecule has 0 amide bonds. The van der Waals surface area contributed by atoms with Crippen molar-refractivity contribution in [2.24, 2.45) is 0 Å². The van der Waals surface area contributed by atoms with Gasteiger partial charge in [0.2, 0.25) is 0 Å². The highest BCUT2D eigenvalue weighted by Crippen LogP contribution is 2.35. The Morgan fingerprint density at radius 1 is 1.14 bits per heavy atom. The van der Waals surface area contributed by atoms with E-state index in [0.717, 1.165) is 42.1 Å². The molecule has 2 aromatic rings. The van der Waals surface area contributed by atoms with Crippen molar-refractivity contribution in [3.8, 4) is 0 Å². The SMILES string of the molecule is CN(C)C1(C(=O)c2ccc3ncccc3c2)CCCCC1. The molecule has 3 heteroatoms. The number of aromatic nitrogens is 1. The number of carbonyl (C=O) groups excluding carboxylic acids is 1. The summed E-state index contributed by atoms with van der Waals surface area (Å²) in [6.07, 6.45) is 7.22.